The Labute approximate surface area is 137 Å². The van der Waals surface area contributed by atoms with Crippen molar-refractivity contribution in [3.05, 3.63) is 71.8 Å². The summed E-state index contributed by atoms with van der Waals surface area (Å²) in [5.74, 6) is -1.03. The summed E-state index contributed by atoms with van der Waals surface area (Å²) in [5, 5.41) is 9.61. The lowest BCUT2D eigenvalue weighted by Gasteiger charge is -2.28. The van der Waals surface area contributed by atoms with E-state index in [4.69, 9.17) is 10.5 Å². The van der Waals surface area contributed by atoms with Crippen molar-refractivity contribution in [1.82, 2.24) is 0 Å². The van der Waals surface area contributed by atoms with Gasteiger partial charge < -0.3 is 15.6 Å². The minimum absolute atomic E-state index is 0.603. The van der Waals surface area contributed by atoms with Gasteiger partial charge in [0.1, 0.15) is 0 Å². The van der Waals surface area contributed by atoms with Crippen LogP contribution in [0, 0.1) is 0 Å². The van der Waals surface area contributed by atoms with Gasteiger partial charge in [-0.1, -0.05) is 74.0 Å². The van der Waals surface area contributed by atoms with E-state index < -0.39 is 11.6 Å². The second-order valence-corrected chi connectivity index (χ2v) is 5.06. The number of hydrogen-bond donors (Lipinski definition) is 2. The molecule has 0 amide bonds. The van der Waals surface area contributed by atoms with Crippen molar-refractivity contribution in [1.29, 1.82) is 0 Å². The van der Waals surface area contributed by atoms with Crippen LogP contribution in [0.2, 0.25) is 0 Å². The minimum Gasteiger partial charge on any atom is -0.479 e. The maximum absolute atomic E-state index is 11.7. The monoisotopic (exact) mass is 315 g/mol. The summed E-state index contributed by atoms with van der Waals surface area (Å²) in [6.07, 6.45) is 2.39. The van der Waals surface area contributed by atoms with E-state index in [9.17, 15) is 9.90 Å². The third kappa shape index (κ3) is 4.65. The molecule has 0 aromatic heterocycles. The zero-order valence-electron chi connectivity index (χ0n) is 13.7. The molecule has 0 radical (unpaired) electrons. The average Bonchev–Trinajstić information content (AvgIpc) is 2.59. The van der Waals surface area contributed by atoms with Crippen LogP contribution in [-0.4, -0.2) is 24.7 Å². The number of carboxylic acids is 1. The van der Waals surface area contributed by atoms with Gasteiger partial charge in [0.2, 0.25) is 5.60 Å². The summed E-state index contributed by atoms with van der Waals surface area (Å²) in [5.41, 5.74) is 4.89. The van der Waals surface area contributed by atoms with E-state index in [1.54, 1.807) is 48.5 Å². The Morgan fingerprint density at radius 2 is 1.48 bits per heavy atom. The lowest BCUT2D eigenvalue weighted by molar-refractivity contribution is -0.158. The first-order chi connectivity index (χ1) is 11.1. The molecular weight excluding hydrogens is 290 g/mol. The van der Waals surface area contributed by atoms with E-state index in [1.165, 1.54) is 20.0 Å². The van der Waals surface area contributed by atoms with Gasteiger partial charge in [-0.15, -0.1) is 0 Å². The first-order valence-electron chi connectivity index (χ1n) is 7.73. The molecule has 2 rings (SSSR count). The zero-order chi connectivity index (χ0) is 17.1. The van der Waals surface area contributed by atoms with Crippen LogP contribution in [0.1, 0.15) is 30.9 Å². The first-order valence-corrected chi connectivity index (χ1v) is 7.73. The van der Waals surface area contributed by atoms with Crippen LogP contribution < -0.4 is 5.73 Å². The van der Waals surface area contributed by atoms with Crippen molar-refractivity contribution < 1.29 is 14.6 Å². The molecule has 4 nitrogen and oxygen atoms in total. The average molecular weight is 315 g/mol. The molecule has 0 aliphatic rings. The van der Waals surface area contributed by atoms with E-state index in [0.29, 0.717) is 11.1 Å². The summed E-state index contributed by atoms with van der Waals surface area (Å²) in [6, 6.07) is 17.9. The molecule has 2 aromatic carbocycles. The summed E-state index contributed by atoms with van der Waals surface area (Å²) in [7, 11) is 1.41. The summed E-state index contributed by atoms with van der Waals surface area (Å²) in [6.45, 7) is 2.98. The van der Waals surface area contributed by atoms with Crippen LogP contribution in [0.25, 0.3) is 0 Å². The SMILES string of the molecule is CCCCN.COC(C(=O)O)(c1ccccc1)c1ccccc1. The van der Waals surface area contributed by atoms with Gasteiger partial charge in [0.15, 0.2) is 0 Å². The molecule has 0 saturated heterocycles. The second kappa shape index (κ2) is 9.77. The first kappa shape index (κ1) is 18.9. The lowest BCUT2D eigenvalue weighted by Crippen LogP contribution is -2.38. The molecule has 0 fully saturated rings. The molecule has 124 valence electrons. The third-order valence-electron chi connectivity index (χ3n) is 3.53. The highest BCUT2D eigenvalue weighted by molar-refractivity contribution is 5.84. The van der Waals surface area contributed by atoms with Crippen molar-refractivity contribution in [3.63, 3.8) is 0 Å². The highest BCUT2D eigenvalue weighted by Crippen LogP contribution is 2.33. The normalized spacial score (nSPS) is 10.6. The summed E-state index contributed by atoms with van der Waals surface area (Å²) >= 11 is 0. The largest absolute Gasteiger partial charge is 0.479 e. The summed E-state index contributed by atoms with van der Waals surface area (Å²) in [4.78, 5) is 11.7. The molecular formula is C19H25NO3. The molecule has 23 heavy (non-hydrogen) atoms. The number of nitrogens with two attached hydrogens (primary N) is 1. The predicted molar refractivity (Wildman–Crippen MR) is 92.3 cm³/mol. The summed E-state index contributed by atoms with van der Waals surface area (Å²) < 4.78 is 5.37. The minimum atomic E-state index is -1.46. The standard InChI is InChI=1S/C15H14O3.C4H11N/c1-18-15(14(16)17,12-8-4-2-5-9-12)13-10-6-3-7-11-13;1-2-3-4-5/h2-11H,1H3,(H,16,17);2-5H2,1H3. The Kier molecular flexibility index (Phi) is 8.02. The van der Waals surface area contributed by atoms with Crippen molar-refractivity contribution in [2.45, 2.75) is 25.4 Å². The van der Waals surface area contributed by atoms with E-state index in [0.717, 1.165) is 6.54 Å². The van der Waals surface area contributed by atoms with Gasteiger partial charge >= 0.3 is 5.97 Å². The molecule has 0 unspecified atom stereocenters. The fourth-order valence-corrected chi connectivity index (χ4v) is 2.29. The third-order valence-corrected chi connectivity index (χ3v) is 3.53. The van der Waals surface area contributed by atoms with E-state index >= 15 is 0 Å². The molecule has 2 aromatic rings. The van der Waals surface area contributed by atoms with Gasteiger partial charge in [-0.25, -0.2) is 4.79 Å². The van der Waals surface area contributed by atoms with Crippen molar-refractivity contribution >= 4 is 5.97 Å². The highest BCUT2D eigenvalue weighted by Gasteiger charge is 2.42. The van der Waals surface area contributed by atoms with Gasteiger partial charge in [0.25, 0.3) is 0 Å². The smallest absolute Gasteiger partial charge is 0.345 e. The molecule has 0 aliphatic heterocycles. The van der Waals surface area contributed by atoms with Crippen LogP contribution >= 0.6 is 0 Å². The molecule has 0 bridgehead atoms. The zero-order valence-corrected chi connectivity index (χ0v) is 13.7. The Bertz CT molecular complexity index is 528. The van der Waals surface area contributed by atoms with E-state index in [1.807, 2.05) is 12.1 Å². The number of carbonyl (C=O) groups is 1. The number of benzene rings is 2. The highest BCUT2D eigenvalue weighted by atomic mass is 16.5. The Hall–Kier alpha value is -2.17. The van der Waals surface area contributed by atoms with Crippen LogP contribution in [0.4, 0.5) is 0 Å². The van der Waals surface area contributed by atoms with Gasteiger partial charge in [0, 0.05) is 7.11 Å². The van der Waals surface area contributed by atoms with E-state index in [2.05, 4.69) is 6.92 Å². The lowest BCUT2D eigenvalue weighted by atomic mass is 9.86. The number of methoxy groups -OCH3 is 1. The van der Waals surface area contributed by atoms with Gasteiger partial charge in [-0.3, -0.25) is 0 Å². The fourth-order valence-electron chi connectivity index (χ4n) is 2.29. The predicted octanol–water partition coefficient (Wildman–Crippen LogP) is 3.41. The van der Waals surface area contributed by atoms with Crippen LogP contribution in [0.15, 0.2) is 60.7 Å². The molecule has 0 heterocycles. The van der Waals surface area contributed by atoms with Crippen molar-refractivity contribution in [2.24, 2.45) is 5.73 Å². The second-order valence-electron chi connectivity index (χ2n) is 5.06. The maximum Gasteiger partial charge on any atom is 0.345 e. The molecule has 0 saturated carbocycles. The van der Waals surface area contributed by atoms with Crippen LogP contribution in [0.3, 0.4) is 0 Å². The molecule has 4 heteroatoms. The van der Waals surface area contributed by atoms with Crippen molar-refractivity contribution in [3.8, 4) is 0 Å². The number of carboxylic acid groups (broad SMARTS) is 1. The molecule has 0 atom stereocenters. The Balaban J connectivity index is 0.000000463. The maximum atomic E-state index is 11.7. The number of ether oxygens (including phenoxy) is 1. The number of rotatable bonds is 6. The van der Waals surface area contributed by atoms with E-state index in [-0.39, 0.29) is 0 Å². The topological polar surface area (TPSA) is 72.5 Å². The number of unbranched alkanes of at least 4 members (excludes halogenated alkanes) is 1. The van der Waals surface area contributed by atoms with Gasteiger partial charge in [-0.05, 0) is 24.1 Å². The number of hydrogen-bond acceptors (Lipinski definition) is 3. The molecule has 0 spiro atoms. The molecule has 3 N–H and O–H groups in total. The Morgan fingerprint density at radius 1 is 1.04 bits per heavy atom. The quantitative estimate of drug-likeness (QED) is 0.857. The van der Waals surface area contributed by atoms with Gasteiger partial charge in [0.05, 0.1) is 0 Å². The van der Waals surface area contributed by atoms with Crippen molar-refractivity contribution in [2.75, 3.05) is 13.7 Å². The fraction of sp³-hybridized carbons (Fsp3) is 0.316. The van der Waals surface area contributed by atoms with Gasteiger partial charge in [-0.2, -0.15) is 0 Å². The van der Waals surface area contributed by atoms with Crippen LogP contribution in [0.5, 0.6) is 0 Å². The molecule has 0 aliphatic carbocycles. The number of aliphatic carboxylic acids is 1. The Morgan fingerprint density at radius 3 is 1.70 bits per heavy atom. The van der Waals surface area contributed by atoms with Crippen LogP contribution in [-0.2, 0) is 15.1 Å².